The molecule has 10 heavy (non-hydrogen) atoms. The quantitative estimate of drug-likeness (QED) is 0.516. The molecule has 0 saturated heterocycles. The summed E-state index contributed by atoms with van der Waals surface area (Å²) in [5.41, 5.74) is 0. The van der Waals surface area contributed by atoms with Crippen LogP contribution in [0.25, 0.3) is 0 Å². The molecular weight excluding hydrogens is 148 g/mol. The Morgan fingerprint density at radius 2 is 1.40 bits per heavy atom. The minimum absolute atomic E-state index is 0.0687. The van der Waals surface area contributed by atoms with Crippen molar-refractivity contribution in [3.05, 3.63) is 0 Å². The van der Waals surface area contributed by atoms with E-state index in [4.69, 9.17) is 14.4 Å². The van der Waals surface area contributed by atoms with Crippen LogP contribution < -0.4 is 0 Å². The summed E-state index contributed by atoms with van der Waals surface area (Å²) in [5, 5.41) is -0.757. The number of rotatable bonds is 2. The molecule has 0 spiro atoms. The van der Waals surface area contributed by atoms with Crippen molar-refractivity contribution in [3.63, 3.8) is 0 Å². The van der Waals surface area contributed by atoms with Crippen molar-refractivity contribution < 1.29 is 14.4 Å². The highest BCUT2D eigenvalue weighted by molar-refractivity contribution is 6.59. The Balaban J connectivity index is 4.40. The minimum Gasteiger partial charge on any atom is -0.390 e. The van der Waals surface area contributed by atoms with Gasteiger partial charge in [0.25, 0.3) is 0 Å². The van der Waals surface area contributed by atoms with E-state index in [1.165, 1.54) is 0 Å². The molecular formula is C6H16O3Si. The normalized spacial score (nSPS) is 14.4. The van der Waals surface area contributed by atoms with Crippen LogP contribution in [0.4, 0.5) is 0 Å². The molecule has 0 aliphatic rings. The number of hydrogen-bond donors (Lipinski definition) is 3. The van der Waals surface area contributed by atoms with Crippen molar-refractivity contribution in [1.29, 1.82) is 0 Å². The molecule has 0 aliphatic carbocycles. The molecule has 4 heteroatoms. The van der Waals surface area contributed by atoms with Gasteiger partial charge in [0.15, 0.2) is 0 Å². The highest BCUT2D eigenvalue weighted by Gasteiger charge is 2.48. The van der Waals surface area contributed by atoms with Gasteiger partial charge in [-0.2, -0.15) is 0 Å². The average molecular weight is 164 g/mol. The van der Waals surface area contributed by atoms with E-state index in [1.54, 1.807) is 13.8 Å². The highest BCUT2D eigenvalue weighted by Crippen LogP contribution is 2.39. The lowest BCUT2D eigenvalue weighted by atomic mass is 9.99. The van der Waals surface area contributed by atoms with E-state index in [9.17, 15) is 0 Å². The van der Waals surface area contributed by atoms with Crippen LogP contribution in [-0.4, -0.2) is 23.2 Å². The summed E-state index contributed by atoms with van der Waals surface area (Å²) in [6.45, 7) is 7.02. The Hall–Kier alpha value is 0.0969. The van der Waals surface area contributed by atoms with Crippen molar-refractivity contribution in [3.8, 4) is 0 Å². The van der Waals surface area contributed by atoms with Crippen molar-refractivity contribution in [2.45, 2.75) is 32.7 Å². The molecule has 0 aromatic carbocycles. The molecule has 0 atom stereocenters. The first-order chi connectivity index (χ1) is 4.19. The van der Waals surface area contributed by atoms with Gasteiger partial charge in [0, 0.05) is 5.04 Å². The van der Waals surface area contributed by atoms with E-state index < -0.39 is 13.8 Å². The molecule has 3 N–H and O–H groups in total. The van der Waals surface area contributed by atoms with Crippen molar-refractivity contribution in [2.24, 2.45) is 5.92 Å². The maximum absolute atomic E-state index is 8.97. The summed E-state index contributed by atoms with van der Waals surface area (Å²) in [5.74, 6) is 0.0687. The van der Waals surface area contributed by atoms with Crippen LogP contribution in [0.3, 0.4) is 0 Å². The van der Waals surface area contributed by atoms with Crippen molar-refractivity contribution >= 4 is 8.80 Å². The van der Waals surface area contributed by atoms with Gasteiger partial charge in [-0.3, -0.25) is 0 Å². The molecule has 0 aromatic rings. The summed E-state index contributed by atoms with van der Waals surface area (Å²) in [7, 11) is -3.95. The van der Waals surface area contributed by atoms with E-state index in [0.717, 1.165) is 0 Å². The molecule has 0 rings (SSSR count). The van der Waals surface area contributed by atoms with E-state index in [1.807, 2.05) is 13.8 Å². The van der Waals surface area contributed by atoms with Crippen LogP contribution >= 0.6 is 0 Å². The zero-order valence-corrected chi connectivity index (χ0v) is 7.92. The van der Waals surface area contributed by atoms with E-state index in [-0.39, 0.29) is 5.92 Å². The third-order valence-electron chi connectivity index (χ3n) is 2.31. The van der Waals surface area contributed by atoms with Crippen LogP contribution in [-0.2, 0) is 0 Å². The van der Waals surface area contributed by atoms with E-state index >= 15 is 0 Å². The van der Waals surface area contributed by atoms with Crippen LogP contribution in [0, 0.1) is 5.92 Å². The fourth-order valence-electron chi connectivity index (χ4n) is 0.387. The van der Waals surface area contributed by atoms with Gasteiger partial charge in [-0.05, 0) is 5.92 Å². The van der Waals surface area contributed by atoms with Crippen LogP contribution in [0.15, 0.2) is 0 Å². The zero-order valence-electron chi connectivity index (χ0n) is 6.92. The molecule has 0 unspecified atom stereocenters. The summed E-state index contributed by atoms with van der Waals surface area (Å²) in [4.78, 5) is 26.9. The first kappa shape index (κ1) is 10.1. The van der Waals surface area contributed by atoms with Crippen LogP contribution in [0.5, 0.6) is 0 Å². The predicted octanol–water partition coefficient (Wildman–Crippen LogP) is 0.338. The fourth-order valence-corrected chi connectivity index (χ4v) is 1.16. The van der Waals surface area contributed by atoms with Gasteiger partial charge in [-0.25, -0.2) is 0 Å². The molecule has 0 aliphatic heterocycles. The first-order valence-corrected chi connectivity index (χ1v) is 5.21. The molecule has 3 nitrogen and oxygen atoms in total. The summed E-state index contributed by atoms with van der Waals surface area (Å²) >= 11 is 0. The second kappa shape index (κ2) is 2.62. The molecule has 0 heterocycles. The highest BCUT2D eigenvalue weighted by atomic mass is 28.4. The smallest absolute Gasteiger partial charge is 0.390 e. The second-order valence-corrected chi connectivity index (χ2v) is 6.07. The summed E-state index contributed by atoms with van der Waals surface area (Å²) in [6.07, 6.45) is 0. The summed E-state index contributed by atoms with van der Waals surface area (Å²) < 4.78 is 0. The third kappa shape index (κ3) is 1.79. The standard InChI is InChI=1S/C6H16O3Si/c1-5(2)6(3,4)10(7,8)9/h5,7-9H,1-4H3. The average Bonchev–Trinajstić information content (AvgIpc) is 1.62. The Kier molecular flexibility index (Phi) is 2.64. The maximum atomic E-state index is 8.97. The Labute approximate surface area is 62.7 Å². The molecule has 0 bridgehead atoms. The molecule has 0 fully saturated rings. The third-order valence-corrected chi connectivity index (χ3v) is 4.61. The SMILES string of the molecule is CC(C)C(C)(C)[Si](O)(O)O. The zero-order chi connectivity index (χ0) is 8.58. The van der Waals surface area contributed by atoms with Crippen LogP contribution in [0.2, 0.25) is 5.04 Å². The predicted molar refractivity (Wildman–Crippen MR) is 41.3 cm³/mol. The molecule has 62 valence electrons. The Morgan fingerprint density at radius 1 is 1.10 bits per heavy atom. The number of hydrogen-bond acceptors (Lipinski definition) is 3. The monoisotopic (exact) mass is 164 g/mol. The van der Waals surface area contributed by atoms with Gasteiger partial charge in [0.1, 0.15) is 0 Å². The lowest BCUT2D eigenvalue weighted by Gasteiger charge is -2.33. The maximum Gasteiger partial charge on any atom is 0.498 e. The van der Waals surface area contributed by atoms with Gasteiger partial charge in [0.2, 0.25) is 0 Å². The fraction of sp³-hybridized carbons (Fsp3) is 1.00. The Bertz CT molecular complexity index is 115. The second-order valence-electron chi connectivity index (χ2n) is 3.51. The minimum atomic E-state index is -3.95. The van der Waals surface area contributed by atoms with Crippen LogP contribution in [0.1, 0.15) is 27.7 Å². The first-order valence-electron chi connectivity index (χ1n) is 3.36. The molecule has 0 aromatic heterocycles. The topological polar surface area (TPSA) is 60.7 Å². The van der Waals surface area contributed by atoms with E-state index in [2.05, 4.69) is 0 Å². The van der Waals surface area contributed by atoms with E-state index in [0.29, 0.717) is 0 Å². The lowest BCUT2D eigenvalue weighted by molar-refractivity contribution is 0.167. The van der Waals surface area contributed by atoms with Crippen molar-refractivity contribution in [2.75, 3.05) is 0 Å². The molecule has 0 amide bonds. The lowest BCUT2D eigenvalue weighted by Crippen LogP contribution is -2.48. The van der Waals surface area contributed by atoms with Gasteiger partial charge >= 0.3 is 8.80 Å². The van der Waals surface area contributed by atoms with Gasteiger partial charge in [0.05, 0.1) is 0 Å². The van der Waals surface area contributed by atoms with Crippen molar-refractivity contribution in [1.82, 2.24) is 0 Å². The van der Waals surface area contributed by atoms with Gasteiger partial charge in [-0.1, -0.05) is 27.7 Å². The van der Waals surface area contributed by atoms with Gasteiger partial charge in [-0.15, -0.1) is 0 Å². The molecule has 0 saturated carbocycles. The van der Waals surface area contributed by atoms with Gasteiger partial charge < -0.3 is 14.4 Å². The Morgan fingerprint density at radius 3 is 1.40 bits per heavy atom. The molecule has 0 radical (unpaired) electrons. The largest absolute Gasteiger partial charge is 0.498 e. The summed E-state index contributed by atoms with van der Waals surface area (Å²) in [6, 6.07) is 0.